The number of para-hydroxylation sites is 1. The van der Waals surface area contributed by atoms with Crippen LogP contribution in [-0.4, -0.2) is 40.9 Å². The summed E-state index contributed by atoms with van der Waals surface area (Å²) in [7, 11) is 0. The minimum absolute atomic E-state index is 0.0458. The number of hydrogen-bond donors (Lipinski definition) is 1. The number of carbonyl (C=O) groups is 2. The number of benzene rings is 1. The van der Waals surface area contributed by atoms with Gasteiger partial charge in [-0.1, -0.05) is 18.2 Å². The first-order valence-corrected chi connectivity index (χ1v) is 8.26. The maximum absolute atomic E-state index is 13.0. The van der Waals surface area contributed by atoms with E-state index in [0.29, 0.717) is 19.5 Å². The Hall–Kier alpha value is -2.30. The van der Waals surface area contributed by atoms with E-state index in [0.717, 1.165) is 36.0 Å². The molecule has 2 aromatic rings. The summed E-state index contributed by atoms with van der Waals surface area (Å²) in [4.78, 5) is 26.5. The van der Waals surface area contributed by atoms with Crippen molar-refractivity contribution < 1.29 is 9.59 Å². The topological polar surface area (TPSA) is 54.3 Å². The Balaban J connectivity index is 1.64. The quantitative estimate of drug-likeness (QED) is 0.922. The minimum atomic E-state index is -0.0458. The van der Waals surface area contributed by atoms with E-state index in [1.54, 1.807) is 0 Å². The van der Waals surface area contributed by atoms with Crippen LogP contribution < -0.4 is 5.32 Å². The first-order chi connectivity index (χ1) is 11.1. The van der Waals surface area contributed by atoms with Crippen LogP contribution in [0.15, 0.2) is 30.5 Å². The van der Waals surface area contributed by atoms with E-state index >= 15 is 0 Å². The van der Waals surface area contributed by atoms with Gasteiger partial charge in [0.05, 0.1) is 5.56 Å². The van der Waals surface area contributed by atoms with Crippen LogP contribution in [0.3, 0.4) is 0 Å². The monoisotopic (exact) mass is 311 g/mol. The van der Waals surface area contributed by atoms with Gasteiger partial charge in [-0.2, -0.15) is 0 Å². The Kier molecular flexibility index (Phi) is 3.18. The second-order valence-electron chi connectivity index (χ2n) is 6.78. The van der Waals surface area contributed by atoms with Gasteiger partial charge < -0.3 is 14.8 Å². The lowest BCUT2D eigenvalue weighted by Crippen LogP contribution is -2.33. The van der Waals surface area contributed by atoms with Crippen LogP contribution in [0.1, 0.15) is 30.1 Å². The highest BCUT2D eigenvalue weighted by Gasteiger charge is 2.45. The molecule has 1 aromatic heterocycles. The molecule has 5 heteroatoms. The van der Waals surface area contributed by atoms with Crippen molar-refractivity contribution >= 4 is 22.7 Å². The molecule has 120 valence electrons. The number of rotatable bonds is 2. The molecule has 5 nitrogen and oxygen atoms in total. The molecule has 1 atom stereocenters. The van der Waals surface area contributed by atoms with Crippen LogP contribution in [0.2, 0.25) is 0 Å². The predicted molar refractivity (Wildman–Crippen MR) is 88.2 cm³/mol. The molecule has 1 aromatic carbocycles. The van der Waals surface area contributed by atoms with E-state index in [1.165, 1.54) is 0 Å². The van der Waals surface area contributed by atoms with Crippen LogP contribution in [0.25, 0.3) is 10.9 Å². The van der Waals surface area contributed by atoms with Crippen molar-refractivity contribution in [3.63, 3.8) is 0 Å². The van der Waals surface area contributed by atoms with E-state index in [4.69, 9.17) is 0 Å². The molecule has 1 unspecified atom stereocenters. The number of nitrogens with zero attached hydrogens (tertiary/aromatic N) is 2. The zero-order chi connectivity index (χ0) is 16.0. The second kappa shape index (κ2) is 5.11. The Labute approximate surface area is 135 Å². The molecule has 1 N–H and O–H groups in total. The van der Waals surface area contributed by atoms with Crippen LogP contribution in [0.4, 0.5) is 0 Å². The van der Waals surface area contributed by atoms with Crippen LogP contribution >= 0.6 is 0 Å². The number of hydrogen-bond acceptors (Lipinski definition) is 2. The number of fused-ring (bicyclic) bond motifs is 1. The van der Waals surface area contributed by atoms with E-state index in [1.807, 2.05) is 29.3 Å². The van der Waals surface area contributed by atoms with Crippen LogP contribution in [0.5, 0.6) is 0 Å². The molecule has 4 rings (SSSR count). The molecule has 2 amide bonds. The van der Waals surface area contributed by atoms with Gasteiger partial charge in [0.25, 0.3) is 5.91 Å². The van der Waals surface area contributed by atoms with Gasteiger partial charge in [-0.15, -0.1) is 0 Å². The number of nitrogens with one attached hydrogen (secondary N) is 1. The second-order valence-corrected chi connectivity index (χ2v) is 6.78. The Morgan fingerprint density at radius 1 is 1.35 bits per heavy atom. The first kappa shape index (κ1) is 14.3. The summed E-state index contributed by atoms with van der Waals surface area (Å²) < 4.78 is 2.12. The van der Waals surface area contributed by atoms with Crippen LogP contribution in [0, 0.1) is 5.41 Å². The fourth-order valence-corrected chi connectivity index (χ4v) is 4.00. The fourth-order valence-electron chi connectivity index (χ4n) is 4.00. The van der Waals surface area contributed by atoms with Gasteiger partial charge in [0, 0.05) is 55.1 Å². The highest BCUT2D eigenvalue weighted by atomic mass is 16.2. The van der Waals surface area contributed by atoms with Crippen molar-refractivity contribution in [3.8, 4) is 0 Å². The molecule has 2 aliphatic heterocycles. The van der Waals surface area contributed by atoms with Crippen molar-refractivity contribution in [2.75, 3.05) is 19.6 Å². The summed E-state index contributed by atoms with van der Waals surface area (Å²) >= 11 is 0. The standard InChI is InChI=1S/C18H21N3O2/c1-2-20-10-14(13-5-3-4-6-15(13)20)17(23)21-8-7-18(12-21)9-16(22)19-11-18/h3-6,10H,2,7-9,11-12H2,1H3,(H,19,22). The third-order valence-electron chi connectivity index (χ3n) is 5.28. The lowest BCUT2D eigenvalue weighted by atomic mass is 9.86. The zero-order valence-electron chi connectivity index (χ0n) is 13.3. The van der Waals surface area contributed by atoms with E-state index < -0.39 is 0 Å². The van der Waals surface area contributed by atoms with Gasteiger partial charge >= 0.3 is 0 Å². The molecule has 0 bridgehead atoms. The SMILES string of the molecule is CCn1cc(C(=O)N2CCC3(CNC(=O)C3)C2)c2ccccc21. The molecular weight excluding hydrogens is 290 g/mol. The van der Waals surface area contributed by atoms with Crippen molar-refractivity contribution in [1.82, 2.24) is 14.8 Å². The number of carbonyl (C=O) groups excluding carboxylic acids is 2. The number of amides is 2. The molecule has 2 fully saturated rings. The van der Waals surface area contributed by atoms with Crippen molar-refractivity contribution in [2.45, 2.75) is 26.3 Å². The average molecular weight is 311 g/mol. The lowest BCUT2D eigenvalue weighted by Gasteiger charge is -2.21. The van der Waals surface area contributed by atoms with E-state index in [2.05, 4.69) is 22.9 Å². The molecule has 23 heavy (non-hydrogen) atoms. The predicted octanol–water partition coefficient (Wildman–Crippen LogP) is 2.01. The smallest absolute Gasteiger partial charge is 0.256 e. The maximum atomic E-state index is 13.0. The fraction of sp³-hybridized carbons (Fsp3) is 0.444. The highest BCUT2D eigenvalue weighted by molar-refractivity contribution is 6.07. The van der Waals surface area contributed by atoms with Crippen molar-refractivity contribution in [3.05, 3.63) is 36.0 Å². The Morgan fingerprint density at radius 2 is 2.17 bits per heavy atom. The van der Waals surface area contributed by atoms with E-state index in [-0.39, 0.29) is 17.2 Å². The molecule has 2 aliphatic rings. The van der Waals surface area contributed by atoms with Gasteiger partial charge in [0.15, 0.2) is 0 Å². The lowest BCUT2D eigenvalue weighted by molar-refractivity contribution is -0.119. The van der Waals surface area contributed by atoms with Crippen molar-refractivity contribution in [2.24, 2.45) is 5.41 Å². The summed E-state index contributed by atoms with van der Waals surface area (Å²) in [5, 5.41) is 3.93. The maximum Gasteiger partial charge on any atom is 0.256 e. The van der Waals surface area contributed by atoms with Gasteiger partial charge in [-0.05, 0) is 19.4 Å². The van der Waals surface area contributed by atoms with Crippen LogP contribution in [-0.2, 0) is 11.3 Å². The molecule has 1 spiro atoms. The number of likely N-dealkylation sites (tertiary alicyclic amines) is 1. The molecule has 3 heterocycles. The summed E-state index contributed by atoms with van der Waals surface area (Å²) in [5.74, 6) is 0.200. The summed E-state index contributed by atoms with van der Waals surface area (Å²) in [6, 6.07) is 8.05. The summed E-state index contributed by atoms with van der Waals surface area (Å²) in [6.07, 6.45) is 3.42. The molecule has 0 radical (unpaired) electrons. The first-order valence-electron chi connectivity index (χ1n) is 8.26. The molecular formula is C18H21N3O2. The normalized spacial score (nSPS) is 23.9. The van der Waals surface area contributed by atoms with Gasteiger partial charge in [-0.3, -0.25) is 9.59 Å². The number of aromatic nitrogens is 1. The van der Waals surface area contributed by atoms with Crippen molar-refractivity contribution in [1.29, 1.82) is 0 Å². The minimum Gasteiger partial charge on any atom is -0.355 e. The third kappa shape index (κ3) is 2.22. The zero-order valence-corrected chi connectivity index (χ0v) is 13.3. The highest BCUT2D eigenvalue weighted by Crippen LogP contribution is 2.37. The summed E-state index contributed by atoms with van der Waals surface area (Å²) in [6.45, 7) is 5.04. The largest absolute Gasteiger partial charge is 0.355 e. The van der Waals surface area contributed by atoms with E-state index in [9.17, 15) is 9.59 Å². The Morgan fingerprint density at radius 3 is 2.91 bits per heavy atom. The summed E-state index contributed by atoms with van der Waals surface area (Å²) in [5.41, 5.74) is 1.83. The van der Waals surface area contributed by atoms with Gasteiger partial charge in [-0.25, -0.2) is 0 Å². The molecule has 2 saturated heterocycles. The Bertz CT molecular complexity index is 795. The van der Waals surface area contributed by atoms with Gasteiger partial charge in [0.1, 0.15) is 0 Å². The van der Waals surface area contributed by atoms with Gasteiger partial charge in [0.2, 0.25) is 5.91 Å². The molecule has 0 aliphatic carbocycles. The third-order valence-corrected chi connectivity index (χ3v) is 5.28. The molecule has 0 saturated carbocycles. The number of aryl methyl sites for hydroxylation is 1. The average Bonchev–Trinajstić information content (AvgIpc) is 3.25.